The standard InChI is InChI=1S/C22H29N3O/c1-17-11-13-25(14-12-17)16-19-9-7-18(8-10-19)15-24-22(26)21(23)20-5-3-2-4-6-20/h2-10,17,21H,11-16,23H2,1H3,(H,24,26). The lowest BCUT2D eigenvalue weighted by Crippen LogP contribution is -2.33. The molecule has 0 radical (unpaired) electrons. The van der Waals surface area contributed by atoms with Gasteiger partial charge in [-0.15, -0.1) is 0 Å². The van der Waals surface area contributed by atoms with Gasteiger partial charge in [-0.25, -0.2) is 0 Å². The van der Waals surface area contributed by atoms with Crippen LogP contribution in [-0.4, -0.2) is 23.9 Å². The maximum absolute atomic E-state index is 12.2. The predicted octanol–water partition coefficient (Wildman–Crippen LogP) is 3.23. The Morgan fingerprint density at radius 2 is 1.69 bits per heavy atom. The van der Waals surface area contributed by atoms with Crippen LogP contribution in [0.2, 0.25) is 0 Å². The zero-order valence-corrected chi connectivity index (χ0v) is 15.5. The molecule has 1 heterocycles. The van der Waals surface area contributed by atoms with Gasteiger partial charge in [0.05, 0.1) is 0 Å². The largest absolute Gasteiger partial charge is 0.350 e. The second kappa shape index (κ2) is 8.97. The Bertz CT molecular complexity index is 691. The van der Waals surface area contributed by atoms with Gasteiger partial charge in [-0.05, 0) is 48.5 Å². The molecule has 1 unspecified atom stereocenters. The van der Waals surface area contributed by atoms with Gasteiger partial charge < -0.3 is 11.1 Å². The molecule has 0 bridgehead atoms. The van der Waals surface area contributed by atoms with Gasteiger partial charge in [0.1, 0.15) is 6.04 Å². The molecule has 1 saturated heterocycles. The number of nitrogens with one attached hydrogen (secondary N) is 1. The van der Waals surface area contributed by atoms with Gasteiger partial charge in [0.2, 0.25) is 5.91 Å². The molecule has 2 aromatic carbocycles. The fraction of sp³-hybridized carbons (Fsp3) is 0.409. The highest BCUT2D eigenvalue weighted by molar-refractivity contribution is 5.82. The molecule has 4 nitrogen and oxygen atoms in total. The van der Waals surface area contributed by atoms with E-state index in [1.807, 2.05) is 30.3 Å². The van der Waals surface area contributed by atoms with Crippen molar-refractivity contribution < 1.29 is 4.79 Å². The zero-order valence-electron chi connectivity index (χ0n) is 15.5. The summed E-state index contributed by atoms with van der Waals surface area (Å²) in [5.41, 5.74) is 9.27. The molecule has 3 rings (SSSR count). The van der Waals surface area contributed by atoms with Crippen molar-refractivity contribution in [2.45, 2.75) is 38.9 Å². The molecule has 1 atom stereocenters. The number of hydrogen-bond donors (Lipinski definition) is 2. The van der Waals surface area contributed by atoms with Crippen LogP contribution in [0.1, 0.15) is 42.5 Å². The highest BCUT2D eigenvalue weighted by Gasteiger charge is 2.16. The van der Waals surface area contributed by atoms with E-state index >= 15 is 0 Å². The minimum Gasteiger partial charge on any atom is -0.350 e. The summed E-state index contributed by atoms with van der Waals surface area (Å²) in [4.78, 5) is 14.8. The number of amides is 1. The van der Waals surface area contributed by atoms with Crippen LogP contribution >= 0.6 is 0 Å². The highest BCUT2D eigenvalue weighted by Crippen LogP contribution is 2.18. The molecular weight excluding hydrogens is 322 g/mol. The fourth-order valence-corrected chi connectivity index (χ4v) is 3.35. The van der Waals surface area contributed by atoms with Crippen LogP contribution in [0.15, 0.2) is 54.6 Å². The summed E-state index contributed by atoms with van der Waals surface area (Å²) in [6, 6.07) is 17.3. The number of nitrogens with zero attached hydrogens (tertiary/aromatic N) is 1. The molecule has 4 heteroatoms. The van der Waals surface area contributed by atoms with Crippen molar-refractivity contribution in [3.8, 4) is 0 Å². The lowest BCUT2D eigenvalue weighted by molar-refractivity contribution is -0.122. The van der Waals surface area contributed by atoms with Crippen LogP contribution in [-0.2, 0) is 17.9 Å². The van der Waals surface area contributed by atoms with Gasteiger partial charge in [0.25, 0.3) is 0 Å². The molecule has 1 fully saturated rings. The number of benzene rings is 2. The molecule has 138 valence electrons. The summed E-state index contributed by atoms with van der Waals surface area (Å²) in [5, 5.41) is 2.93. The predicted molar refractivity (Wildman–Crippen MR) is 105 cm³/mol. The normalized spacial score (nSPS) is 17.0. The Labute approximate surface area is 156 Å². The molecule has 0 aliphatic carbocycles. The van der Waals surface area contributed by atoms with Crippen molar-refractivity contribution >= 4 is 5.91 Å². The van der Waals surface area contributed by atoms with Gasteiger partial charge in [-0.1, -0.05) is 61.5 Å². The number of hydrogen-bond acceptors (Lipinski definition) is 3. The molecule has 0 aromatic heterocycles. The van der Waals surface area contributed by atoms with Crippen LogP contribution in [0.4, 0.5) is 0 Å². The van der Waals surface area contributed by atoms with Gasteiger partial charge in [-0.2, -0.15) is 0 Å². The third-order valence-corrected chi connectivity index (χ3v) is 5.21. The SMILES string of the molecule is CC1CCN(Cc2ccc(CNC(=O)C(N)c3ccccc3)cc2)CC1. The number of rotatable bonds is 6. The first kappa shape index (κ1) is 18.6. The summed E-state index contributed by atoms with van der Waals surface area (Å²) in [6.07, 6.45) is 2.59. The van der Waals surface area contributed by atoms with Crippen LogP contribution in [0.3, 0.4) is 0 Å². The van der Waals surface area contributed by atoms with E-state index in [1.165, 1.54) is 31.5 Å². The molecule has 0 saturated carbocycles. The number of nitrogens with two attached hydrogens (primary N) is 1. The van der Waals surface area contributed by atoms with Crippen LogP contribution in [0.25, 0.3) is 0 Å². The first-order valence-corrected chi connectivity index (χ1v) is 9.50. The number of likely N-dealkylation sites (tertiary alicyclic amines) is 1. The second-order valence-electron chi connectivity index (χ2n) is 7.38. The number of carbonyl (C=O) groups excluding carboxylic acids is 1. The van der Waals surface area contributed by atoms with Gasteiger partial charge in [-0.3, -0.25) is 9.69 Å². The van der Waals surface area contributed by atoms with E-state index in [0.717, 1.165) is 23.6 Å². The van der Waals surface area contributed by atoms with E-state index in [-0.39, 0.29) is 5.91 Å². The third kappa shape index (κ3) is 5.16. The minimum absolute atomic E-state index is 0.150. The molecule has 26 heavy (non-hydrogen) atoms. The maximum Gasteiger partial charge on any atom is 0.241 e. The monoisotopic (exact) mass is 351 g/mol. The van der Waals surface area contributed by atoms with Crippen molar-refractivity contribution in [1.82, 2.24) is 10.2 Å². The Morgan fingerprint density at radius 1 is 1.08 bits per heavy atom. The van der Waals surface area contributed by atoms with Crippen molar-refractivity contribution in [2.75, 3.05) is 13.1 Å². The van der Waals surface area contributed by atoms with Gasteiger partial charge in [0, 0.05) is 13.1 Å². The van der Waals surface area contributed by atoms with Crippen LogP contribution in [0, 0.1) is 5.92 Å². The van der Waals surface area contributed by atoms with Crippen molar-refractivity contribution in [3.05, 3.63) is 71.3 Å². The van der Waals surface area contributed by atoms with Gasteiger partial charge >= 0.3 is 0 Å². The first-order valence-electron chi connectivity index (χ1n) is 9.50. The zero-order chi connectivity index (χ0) is 18.4. The third-order valence-electron chi connectivity index (χ3n) is 5.21. The summed E-state index contributed by atoms with van der Waals surface area (Å²) < 4.78 is 0. The molecule has 1 aliphatic rings. The summed E-state index contributed by atoms with van der Waals surface area (Å²) in [6.45, 7) is 6.23. The van der Waals surface area contributed by atoms with Crippen molar-refractivity contribution in [1.29, 1.82) is 0 Å². The summed E-state index contributed by atoms with van der Waals surface area (Å²) in [7, 11) is 0. The Morgan fingerprint density at radius 3 is 2.35 bits per heavy atom. The number of piperidine rings is 1. The Kier molecular flexibility index (Phi) is 6.42. The van der Waals surface area contributed by atoms with Crippen molar-refractivity contribution in [2.24, 2.45) is 11.7 Å². The lowest BCUT2D eigenvalue weighted by Gasteiger charge is -2.30. The first-order chi connectivity index (χ1) is 12.6. The average Bonchev–Trinajstić information content (AvgIpc) is 2.69. The molecule has 1 aliphatic heterocycles. The highest BCUT2D eigenvalue weighted by atomic mass is 16.2. The van der Waals surface area contributed by atoms with E-state index in [2.05, 4.69) is 41.4 Å². The molecule has 2 aromatic rings. The topological polar surface area (TPSA) is 58.4 Å². The molecule has 3 N–H and O–H groups in total. The minimum atomic E-state index is -0.628. The Balaban J connectivity index is 1.47. The molecule has 1 amide bonds. The van der Waals surface area contributed by atoms with Crippen molar-refractivity contribution in [3.63, 3.8) is 0 Å². The van der Waals surface area contributed by atoms with E-state index < -0.39 is 6.04 Å². The molecular formula is C22H29N3O. The smallest absolute Gasteiger partial charge is 0.241 e. The molecule has 0 spiro atoms. The van der Waals surface area contributed by atoms with Crippen LogP contribution in [0.5, 0.6) is 0 Å². The fourth-order valence-electron chi connectivity index (χ4n) is 3.35. The lowest BCUT2D eigenvalue weighted by atomic mass is 9.99. The summed E-state index contributed by atoms with van der Waals surface area (Å²) in [5.74, 6) is 0.710. The van der Waals surface area contributed by atoms with E-state index in [1.54, 1.807) is 0 Å². The summed E-state index contributed by atoms with van der Waals surface area (Å²) >= 11 is 0. The average molecular weight is 351 g/mol. The Hall–Kier alpha value is -2.17. The van der Waals surface area contributed by atoms with Crippen LogP contribution < -0.4 is 11.1 Å². The van der Waals surface area contributed by atoms with E-state index in [0.29, 0.717) is 6.54 Å². The number of carbonyl (C=O) groups is 1. The van der Waals surface area contributed by atoms with E-state index in [9.17, 15) is 4.79 Å². The maximum atomic E-state index is 12.2. The van der Waals surface area contributed by atoms with E-state index in [4.69, 9.17) is 5.73 Å². The second-order valence-corrected chi connectivity index (χ2v) is 7.38. The quantitative estimate of drug-likeness (QED) is 0.840. The van der Waals surface area contributed by atoms with Gasteiger partial charge in [0.15, 0.2) is 0 Å².